The number of rotatable bonds is 6. The number of aliphatic carboxylic acids is 1. The molecule has 6 heteroatoms. The summed E-state index contributed by atoms with van der Waals surface area (Å²) in [6, 6.07) is 7.91. The van der Waals surface area contributed by atoms with E-state index in [0.717, 1.165) is 11.4 Å². The van der Waals surface area contributed by atoms with E-state index in [1.165, 1.54) is 0 Å². The van der Waals surface area contributed by atoms with E-state index in [1.54, 1.807) is 35.1 Å². The number of hydrogen-bond donors (Lipinski definition) is 2. The lowest BCUT2D eigenvalue weighted by Gasteiger charge is -2.20. The summed E-state index contributed by atoms with van der Waals surface area (Å²) < 4.78 is 1.76. The van der Waals surface area contributed by atoms with E-state index in [4.69, 9.17) is 0 Å². The van der Waals surface area contributed by atoms with Gasteiger partial charge in [-0.2, -0.15) is 5.10 Å². The van der Waals surface area contributed by atoms with Crippen molar-refractivity contribution in [2.75, 3.05) is 0 Å². The van der Waals surface area contributed by atoms with Gasteiger partial charge >= 0.3 is 5.97 Å². The Kier molecular flexibility index (Phi) is 5.16. The lowest BCUT2D eigenvalue weighted by Crippen LogP contribution is -2.45. The first-order chi connectivity index (χ1) is 10.9. The van der Waals surface area contributed by atoms with Gasteiger partial charge in [-0.25, -0.2) is 9.48 Å². The molecule has 0 saturated carbocycles. The van der Waals surface area contributed by atoms with Crippen molar-refractivity contribution in [3.8, 4) is 5.69 Å². The van der Waals surface area contributed by atoms with Gasteiger partial charge in [-0.1, -0.05) is 20.3 Å². The summed E-state index contributed by atoms with van der Waals surface area (Å²) in [6.45, 7) is 5.65. The molecule has 2 unspecified atom stereocenters. The van der Waals surface area contributed by atoms with Crippen LogP contribution in [0.4, 0.5) is 0 Å². The smallest absolute Gasteiger partial charge is 0.326 e. The Labute approximate surface area is 135 Å². The van der Waals surface area contributed by atoms with Crippen molar-refractivity contribution in [1.29, 1.82) is 0 Å². The molecule has 1 aromatic heterocycles. The first-order valence-electron chi connectivity index (χ1n) is 7.58. The topological polar surface area (TPSA) is 84.2 Å². The molecule has 0 aliphatic heterocycles. The van der Waals surface area contributed by atoms with Gasteiger partial charge in [0, 0.05) is 17.5 Å². The molecule has 23 heavy (non-hydrogen) atoms. The summed E-state index contributed by atoms with van der Waals surface area (Å²) >= 11 is 0. The molecule has 0 spiro atoms. The zero-order valence-corrected chi connectivity index (χ0v) is 13.5. The first-order valence-corrected chi connectivity index (χ1v) is 7.58. The number of carbonyl (C=O) groups excluding carboxylic acids is 1. The van der Waals surface area contributed by atoms with E-state index in [2.05, 4.69) is 10.4 Å². The van der Waals surface area contributed by atoms with Crippen molar-refractivity contribution in [2.45, 2.75) is 33.2 Å². The first kappa shape index (κ1) is 16.7. The Morgan fingerprint density at radius 1 is 1.26 bits per heavy atom. The average molecular weight is 315 g/mol. The monoisotopic (exact) mass is 315 g/mol. The molecular weight excluding hydrogens is 294 g/mol. The zero-order valence-electron chi connectivity index (χ0n) is 13.5. The summed E-state index contributed by atoms with van der Waals surface area (Å²) in [6.07, 6.45) is 2.38. The Morgan fingerprint density at radius 3 is 2.39 bits per heavy atom. The molecule has 2 rings (SSSR count). The third-order valence-corrected chi connectivity index (χ3v) is 3.97. The molecular formula is C17H21N3O3. The van der Waals surface area contributed by atoms with Gasteiger partial charge in [-0.05, 0) is 43.2 Å². The fourth-order valence-corrected chi connectivity index (χ4v) is 2.30. The van der Waals surface area contributed by atoms with Gasteiger partial charge in [0.1, 0.15) is 6.04 Å². The molecule has 2 N–H and O–H groups in total. The van der Waals surface area contributed by atoms with E-state index in [9.17, 15) is 14.7 Å². The van der Waals surface area contributed by atoms with Gasteiger partial charge in [0.15, 0.2) is 0 Å². The summed E-state index contributed by atoms with van der Waals surface area (Å²) in [5, 5.41) is 16.0. The predicted molar refractivity (Wildman–Crippen MR) is 86.6 cm³/mol. The van der Waals surface area contributed by atoms with Crippen molar-refractivity contribution in [3.63, 3.8) is 0 Å². The van der Waals surface area contributed by atoms with Crippen LogP contribution in [-0.2, 0) is 4.79 Å². The molecule has 0 aliphatic rings. The van der Waals surface area contributed by atoms with Crippen LogP contribution in [0.15, 0.2) is 36.5 Å². The van der Waals surface area contributed by atoms with Crippen LogP contribution < -0.4 is 5.32 Å². The Morgan fingerprint density at radius 2 is 1.91 bits per heavy atom. The standard InChI is InChI=1S/C17H21N3O3/c1-4-11(2)15(17(22)23)19-16(21)13-5-7-14(8-6-13)20-12(3)9-10-18-20/h5-11,15H,4H2,1-3H3,(H,19,21)(H,22,23). The van der Waals surface area contributed by atoms with Gasteiger partial charge in [0.2, 0.25) is 0 Å². The van der Waals surface area contributed by atoms with Gasteiger partial charge in [0.05, 0.1) is 5.69 Å². The lowest BCUT2D eigenvalue weighted by molar-refractivity contribution is -0.140. The maximum atomic E-state index is 12.2. The van der Waals surface area contributed by atoms with E-state index in [-0.39, 0.29) is 11.8 Å². The maximum Gasteiger partial charge on any atom is 0.326 e. The van der Waals surface area contributed by atoms with Crippen LogP contribution in [-0.4, -0.2) is 32.8 Å². The van der Waals surface area contributed by atoms with Gasteiger partial charge in [-0.15, -0.1) is 0 Å². The molecule has 2 aromatic rings. The summed E-state index contributed by atoms with van der Waals surface area (Å²) in [4.78, 5) is 23.5. The maximum absolute atomic E-state index is 12.2. The quantitative estimate of drug-likeness (QED) is 0.857. The van der Waals surface area contributed by atoms with Crippen LogP contribution in [0, 0.1) is 12.8 Å². The highest BCUT2D eigenvalue weighted by atomic mass is 16.4. The fraction of sp³-hybridized carbons (Fsp3) is 0.353. The molecule has 2 atom stereocenters. The van der Waals surface area contributed by atoms with Crippen molar-refractivity contribution in [1.82, 2.24) is 15.1 Å². The van der Waals surface area contributed by atoms with Gasteiger partial charge < -0.3 is 10.4 Å². The van der Waals surface area contributed by atoms with Gasteiger partial charge in [-0.3, -0.25) is 4.79 Å². The highest BCUT2D eigenvalue weighted by Gasteiger charge is 2.25. The van der Waals surface area contributed by atoms with Crippen LogP contribution in [0.25, 0.3) is 5.69 Å². The molecule has 6 nitrogen and oxygen atoms in total. The van der Waals surface area contributed by atoms with E-state index < -0.39 is 12.0 Å². The minimum absolute atomic E-state index is 0.137. The van der Waals surface area contributed by atoms with Crippen molar-refractivity contribution >= 4 is 11.9 Å². The zero-order chi connectivity index (χ0) is 17.0. The largest absolute Gasteiger partial charge is 0.480 e. The van der Waals surface area contributed by atoms with Crippen LogP contribution in [0.1, 0.15) is 36.3 Å². The van der Waals surface area contributed by atoms with E-state index >= 15 is 0 Å². The molecule has 0 bridgehead atoms. The average Bonchev–Trinajstić information content (AvgIpc) is 2.97. The predicted octanol–water partition coefficient (Wildman–Crippen LogP) is 2.41. The van der Waals surface area contributed by atoms with Gasteiger partial charge in [0.25, 0.3) is 5.91 Å². The molecule has 1 amide bonds. The normalized spacial score (nSPS) is 13.3. The summed E-state index contributed by atoms with van der Waals surface area (Å²) in [5.41, 5.74) is 2.26. The number of aromatic nitrogens is 2. The number of hydrogen-bond acceptors (Lipinski definition) is 3. The van der Waals surface area contributed by atoms with Crippen LogP contribution >= 0.6 is 0 Å². The molecule has 122 valence electrons. The number of amides is 1. The number of nitrogens with zero attached hydrogens (tertiary/aromatic N) is 2. The third-order valence-electron chi connectivity index (χ3n) is 3.97. The second kappa shape index (κ2) is 7.09. The number of nitrogens with one attached hydrogen (secondary N) is 1. The second-order valence-corrected chi connectivity index (χ2v) is 5.61. The highest BCUT2D eigenvalue weighted by Crippen LogP contribution is 2.13. The number of carbonyl (C=O) groups is 2. The summed E-state index contributed by atoms with van der Waals surface area (Å²) in [5.74, 6) is -1.54. The van der Waals surface area contributed by atoms with Crippen LogP contribution in [0.3, 0.4) is 0 Å². The molecule has 1 aromatic carbocycles. The highest BCUT2D eigenvalue weighted by molar-refractivity contribution is 5.96. The fourth-order valence-electron chi connectivity index (χ4n) is 2.30. The van der Waals surface area contributed by atoms with Crippen molar-refractivity contribution < 1.29 is 14.7 Å². The Balaban J connectivity index is 2.14. The summed E-state index contributed by atoms with van der Waals surface area (Å²) in [7, 11) is 0. The third kappa shape index (κ3) is 3.77. The van der Waals surface area contributed by atoms with Crippen LogP contribution in [0.5, 0.6) is 0 Å². The molecule has 0 radical (unpaired) electrons. The van der Waals surface area contributed by atoms with Crippen molar-refractivity contribution in [3.05, 3.63) is 47.8 Å². The number of carboxylic acid groups (broad SMARTS) is 1. The second-order valence-electron chi connectivity index (χ2n) is 5.61. The minimum Gasteiger partial charge on any atom is -0.480 e. The van der Waals surface area contributed by atoms with Crippen LogP contribution in [0.2, 0.25) is 0 Å². The molecule has 0 aliphatic carbocycles. The Hall–Kier alpha value is -2.63. The number of aryl methyl sites for hydroxylation is 1. The van der Waals surface area contributed by atoms with E-state index in [0.29, 0.717) is 12.0 Å². The number of carboxylic acids is 1. The molecule has 0 saturated heterocycles. The number of benzene rings is 1. The minimum atomic E-state index is -1.02. The SMILES string of the molecule is CCC(C)C(NC(=O)c1ccc(-n2nccc2C)cc1)C(=O)O. The van der Waals surface area contributed by atoms with Crippen molar-refractivity contribution in [2.24, 2.45) is 5.92 Å². The lowest BCUT2D eigenvalue weighted by atomic mass is 9.99. The molecule has 1 heterocycles. The molecule has 0 fully saturated rings. The Bertz CT molecular complexity index is 691. The van der Waals surface area contributed by atoms with E-state index in [1.807, 2.05) is 26.8 Å².